The van der Waals surface area contributed by atoms with Gasteiger partial charge in [0, 0.05) is 34.7 Å². The van der Waals surface area contributed by atoms with E-state index in [4.69, 9.17) is 5.11 Å². The zero-order valence-electron chi connectivity index (χ0n) is 19.5. The van der Waals surface area contributed by atoms with Gasteiger partial charge < -0.3 is 31.6 Å². The van der Waals surface area contributed by atoms with Crippen molar-refractivity contribution in [1.29, 1.82) is 0 Å². The van der Waals surface area contributed by atoms with Crippen molar-refractivity contribution >= 4 is 0 Å². The van der Waals surface area contributed by atoms with Gasteiger partial charge >= 0.3 is 0 Å². The van der Waals surface area contributed by atoms with Crippen molar-refractivity contribution in [3.8, 4) is 5.75 Å². The topological polar surface area (TPSA) is 135 Å². The molecule has 2 aromatic carbocycles. The predicted molar refractivity (Wildman–Crippen MR) is 114 cm³/mol. The Morgan fingerprint density at radius 1 is 0.903 bits per heavy atom. The van der Waals surface area contributed by atoms with E-state index in [1.165, 1.54) is 0 Å². The van der Waals surface area contributed by atoms with E-state index in [-0.39, 0.29) is 48.6 Å². The normalized spacial score (nSPS) is 11.6. The Morgan fingerprint density at radius 3 is 1.87 bits per heavy atom. The van der Waals surface area contributed by atoms with E-state index in [0.29, 0.717) is 13.1 Å². The van der Waals surface area contributed by atoms with Crippen LogP contribution in [0, 0.1) is 0 Å². The summed E-state index contributed by atoms with van der Waals surface area (Å²) in [4.78, 5) is 0. The maximum Gasteiger partial charge on any atom is 0.0319 e. The van der Waals surface area contributed by atoms with Crippen LogP contribution in [0.1, 0.15) is 69.9 Å². The standard InChI is InChI=1S/C23H32NO2.CH4O.Mo.2O/c1-22(2,3)18-12-17(21(26)19(13-18)23(4,5)6)14-24-15-20(25)16-10-8-7-9-11-16;1-2;;;/h7-13,20,24,26H,14-15H2,1-6H3;2H,1H3;;;/q-1;;;2*-2/p-1/t20-;;;;/m1..../s1. The van der Waals surface area contributed by atoms with Gasteiger partial charge in [-0.25, -0.2) is 0 Å². The molecule has 0 saturated carbocycles. The zero-order valence-corrected chi connectivity index (χ0v) is 21.5. The first-order valence-corrected chi connectivity index (χ1v) is 9.71. The Labute approximate surface area is 201 Å². The van der Waals surface area contributed by atoms with E-state index in [0.717, 1.165) is 29.4 Å². The molecular formula is C24H35MoNO5-6. The van der Waals surface area contributed by atoms with Crippen molar-refractivity contribution in [1.82, 2.24) is 5.32 Å². The molecule has 0 fully saturated rings. The average Bonchev–Trinajstić information content (AvgIpc) is 2.63. The van der Waals surface area contributed by atoms with E-state index in [9.17, 15) is 10.2 Å². The molecule has 0 aromatic heterocycles. The second-order valence-corrected chi connectivity index (χ2v) is 9.04. The number of aliphatic hydroxyl groups is 1. The summed E-state index contributed by atoms with van der Waals surface area (Å²) in [6.45, 7) is 13.4. The van der Waals surface area contributed by atoms with E-state index in [2.05, 4.69) is 46.9 Å². The first-order chi connectivity index (χ1) is 13.0. The predicted octanol–water partition coefficient (Wildman–Crippen LogP) is 2.91. The summed E-state index contributed by atoms with van der Waals surface area (Å²) in [5.41, 5.74) is 3.25. The first-order valence-electron chi connectivity index (χ1n) is 9.71. The van der Waals surface area contributed by atoms with E-state index in [1.54, 1.807) is 0 Å². The van der Waals surface area contributed by atoms with Gasteiger partial charge in [0.15, 0.2) is 0 Å². The minimum absolute atomic E-state index is 0. The number of nitrogens with one attached hydrogen (secondary N) is 1. The third-order valence-electron chi connectivity index (χ3n) is 4.66. The number of rotatable bonds is 5. The van der Waals surface area contributed by atoms with Gasteiger partial charge in [-0.2, -0.15) is 0 Å². The van der Waals surface area contributed by atoms with Gasteiger partial charge in [-0.3, -0.25) is 0 Å². The van der Waals surface area contributed by atoms with Gasteiger partial charge in [0.25, 0.3) is 0 Å². The third kappa shape index (κ3) is 10.3. The summed E-state index contributed by atoms with van der Waals surface area (Å²) in [7, 11) is 1.00. The Morgan fingerprint density at radius 2 is 1.42 bits per heavy atom. The largest absolute Gasteiger partial charge is 2.00 e. The molecule has 2 rings (SSSR count). The molecule has 0 spiro atoms. The quantitative estimate of drug-likeness (QED) is 0.595. The van der Waals surface area contributed by atoms with Crippen molar-refractivity contribution in [2.75, 3.05) is 13.7 Å². The third-order valence-corrected chi connectivity index (χ3v) is 4.66. The van der Waals surface area contributed by atoms with Crippen LogP contribution < -0.4 is 15.5 Å². The molecule has 0 bridgehead atoms. The smallest absolute Gasteiger partial charge is 0.0319 e. The summed E-state index contributed by atoms with van der Waals surface area (Å²) in [5.74, 6) is 0.0835. The molecule has 2 aromatic rings. The molecular weight excluding hydrogens is 478 g/mol. The Kier molecular flexibility index (Phi) is 16.3. The van der Waals surface area contributed by atoms with Gasteiger partial charge in [0.1, 0.15) is 0 Å². The molecule has 31 heavy (non-hydrogen) atoms. The zero-order chi connectivity index (χ0) is 21.5. The van der Waals surface area contributed by atoms with Crippen LogP contribution in [0.3, 0.4) is 0 Å². The molecule has 6 nitrogen and oxygen atoms in total. The van der Waals surface area contributed by atoms with Gasteiger partial charge in [0.05, 0.1) is 0 Å². The molecule has 7 heteroatoms. The van der Waals surface area contributed by atoms with Crippen LogP contribution in [0.15, 0.2) is 42.5 Å². The molecule has 178 valence electrons. The maximum absolute atomic E-state index is 12.9. The molecule has 2 N–H and O–H groups in total. The summed E-state index contributed by atoms with van der Waals surface area (Å²) < 4.78 is 0. The van der Waals surface area contributed by atoms with E-state index in [1.807, 2.05) is 42.5 Å². The molecule has 0 unspecified atom stereocenters. The maximum atomic E-state index is 12.9. The van der Waals surface area contributed by atoms with Crippen LogP contribution in [0.25, 0.3) is 0 Å². The molecule has 0 heterocycles. The molecule has 0 aliphatic heterocycles. The van der Waals surface area contributed by atoms with Crippen molar-refractivity contribution in [3.63, 3.8) is 0 Å². The number of hydrogen-bond acceptors (Lipinski definition) is 4. The minimum atomic E-state index is -0.834. The van der Waals surface area contributed by atoms with Crippen LogP contribution in [0.5, 0.6) is 5.75 Å². The Balaban J connectivity index is -0.00000152. The van der Waals surface area contributed by atoms with Gasteiger partial charge in [-0.05, 0) is 34.1 Å². The van der Waals surface area contributed by atoms with Gasteiger partial charge in [-0.15, -0.1) is 5.75 Å². The SMILES string of the molecule is CC(C)(C)c1cc(CNC[C@@H]([O-])c2ccccc2)c([O-])c(C(C)(C)C)c1.CO.[Mo].[O-2].[O-2]. The summed E-state index contributed by atoms with van der Waals surface area (Å²) in [6, 6.07) is 13.4. The Bertz CT molecular complexity index is 740. The van der Waals surface area contributed by atoms with Crippen LogP contribution in [-0.2, 0) is 49.4 Å². The summed E-state index contributed by atoms with van der Waals surface area (Å²) in [6.07, 6.45) is -0.834. The summed E-state index contributed by atoms with van der Waals surface area (Å²) >= 11 is 0. The van der Waals surface area contributed by atoms with Crippen LogP contribution in [0.2, 0.25) is 0 Å². The molecule has 1 atom stereocenters. The van der Waals surface area contributed by atoms with Gasteiger partial charge in [-0.1, -0.05) is 95.7 Å². The van der Waals surface area contributed by atoms with Crippen molar-refractivity contribution in [3.05, 3.63) is 64.7 Å². The number of benzene rings is 2. The van der Waals surface area contributed by atoms with Gasteiger partial charge in [0.2, 0.25) is 0 Å². The number of hydrogen-bond donors (Lipinski definition) is 2. The molecule has 0 aliphatic rings. The van der Waals surface area contributed by atoms with Crippen LogP contribution in [0.4, 0.5) is 0 Å². The fourth-order valence-corrected chi connectivity index (χ4v) is 2.93. The molecule has 0 saturated heterocycles. The molecule has 0 amide bonds. The summed E-state index contributed by atoms with van der Waals surface area (Å²) in [5, 5.41) is 35.4. The molecule has 0 aliphatic carbocycles. The van der Waals surface area contributed by atoms with Crippen molar-refractivity contribution < 1.29 is 47.3 Å². The first kappa shape index (κ1) is 34.3. The van der Waals surface area contributed by atoms with Crippen molar-refractivity contribution in [2.45, 2.75) is 65.0 Å². The second kappa shape index (κ2) is 14.7. The van der Waals surface area contributed by atoms with Crippen molar-refractivity contribution in [2.24, 2.45) is 0 Å². The number of aliphatic hydroxyl groups excluding tert-OH is 1. The second-order valence-electron chi connectivity index (χ2n) is 9.04. The fourth-order valence-electron chi connectivity index (χ4n) is 2.93. The average molecular weight is 513 g/mol. The fraction of sp³-hybridized carbons (Fsp3) is 0.500. The Hall–Kier alpha value is -1.27. The molecule has 0 radical (unpaired) electrons. The minimum Gasteiger partial charge on any atom is -2.00 e. The van der Waals surface area contributed by atoms with Crippen LogP contribution >= 0.6 is 0 Å². The van der Waals surface area contributed by atoms with E-state index >= 15 is 0 Å². The van der Waals surface area contributed by atoms with Crippen LogP contribution in [-0.4, -0.2) is 18.8 Å². The van der Waals surface area contributed by atoms with E-state index < -0.39 is 6.10 Å². The monoisotopic (exact) mass is 515 g/mol.